The van der Waals surface area contributed by atoms with Crippen LogP contribution in [-0.2, 0) is 0 Å². The standard InChI is InChI=1S/C15H24N6/c16-12-5-1-4-10-14(20-21-15(10)12)11-8-18-19-13(11)9-3-2-6-17-7-9/h2-3,6-7,10-15,18-21H,1,4-5,8,16H2. The molecule has 3 aliphatic rings. The molecule has 6 atom stereocenters. The largest absolute Gasteiger partial charge is 0.326 e. The molecule has 3 heterocycles. The third kappa shape index (κ3) is 2.37. The third-order valence-corrected chi connectivity index (χ3v) is 5.40. The van der Waals surface area contributed by atoms with E-state index in [1.807, 2.05) is 18.5 Å². The van der Waals surface area contributed by atoms with Crippen molar-refractivity contribution in [1.29, 1.82) is 0 Å². The molecule has 2 saturated heterocycles. The number of hydrogen-bond donors (Lipinski definition) is 5. The highest BCUT2D eigenvalue weighted by atomic mass is 15.5. The lowest BCUT2D eigenvalue weighted by molar-refractivity contribution is 0.232. The SMILES string of the molecule is NC1CCCC2C1NNC2C1CNNC1c1cccnc1. The van der Waals surface area contributed by atoms with Crippen molar-refractivity contribution in [2.45, 2.75) is 43.4 Å². The van der Waals surface area contributed by atoms with E-state index in [0.717, 1.165) is 13.0 Å². The summed E-state index contributed by atoms with van der Waals surface area (Å²) < 4.78 is 0. The average Bonchev–Trinajstić information content (AvgIpc) is 3.15. The first-order valence-corrected chi connectivity index (χ1v) is 7.99. The molecule has 1 aromatic heterocycles. The molecule has 0 amide bonds. The molecule has 114 valence electrons. The van der Waals surface area contributed by atoms with Crippen LogP contribution >= 0.6 is 0 Å². The quantitative estimate of drug-likeness (QED) is 0.519. The smallest absolute Gasteiger partial charge is 0.0533 e. The van der Waals surface area contributed by atoms with Gasteiger partial charge in [0.05, 0.1) is 6.04 Å². The highest BCUT2D eigenvalue weighted by Crippen LogP contribution is 2.37. The van der Waals surface area contributed by atoms with Gasteiger partial charge in [0.25, 0.3) is 0 Å². The van der Waals surface area contributed by atoms with Crippen LogP contribution in [0.5, 0.6) is 0 Å². The van der Waals surface area contributed by atoms with Gasteiger partial charge in [-0.2, -0.15) is 0 Å². The summed E-state index contributed by atoms with van der Waals surface area (Å²) in [7, 11) is 0. The molecule has 2 aliphatic heterocycles. The van der Waals surface area contributed by atoms with E-state index in [-0.39, 0.29) is 6.04 Å². The van der Waals surface area contributed by atoms with Crippen molar-refractivity contribution in [1.82, 2.24) is 26.7 Å². The summed E-state index contributed by atoms with van der Waals surface area (Å²) in [6, 6.07) is 5.60. The van der Waals surface area contributed by atoms with Crippen molar-refractivity contribution in [2.75, 3.05) is 6.54 Å². The lowest BCUT2D eigenvalue weighted by atomic mass is 9.73. The maximum absolute atomic E-state index is 6.28. The summed E-state index contributed by atoms with van der Waals surface area (Å²) >= 11 is 0. The topological polar surface area (TPSA) is 87.0 Å². The number of nitrogens with one attached hydrogen (secondary N) is 4. The van der Waals surface area contributed by atoms with Gasteiger partial charge in [-0.15, -0.1) is 0 Å². The Labute approximate surface area is 125 Å². The number of rotatable bonds is 2. The van der Waals surface area contributed by atoms with Gasteiger partial charge in [0.2, 0.25) is 0 Å². The van der Waals surface area contributed by atoms with Crippen LogP contribution in [0.15, 0.2) is 24.5 Å². The van der Waals surface area contributed by atoms with E-state index in [1.54, 1.807) is 0 Å². The Morgan fingerprint density at radius 3 is 2.86 bits per heavy atom. The zero-order chi connectivity index (χ0) is 14.2. The van der Waals surface area contributed by atoms with Crippen molar-refractivity contribution in [3.05, 3.63) is 30.1 Å². The van der Waals surface area contributed by atoms with E-state index >= 15 is 0 Å². The number of aromatic nitrogens is 1. The fourth-order valence-corrected chi connectivity index (χ4v) is 4.34. The first-order chi connectivity index (χ1) is 10.3. The van der Waals surface area contributed by atoms with E-state index in [2.05, 4.69) is 32.8 Å². The Morgan fingerprint density at radius 1 is 1.10 bits per heavy atom. The fraction of sp³-hybridized carbons (Fsp3) is 0.667. The van der Waals surface area contributed by atoms with Crippen molar-refractivity contribution in [3.63, 3.8) is 0 Å². The van der Waals surface area contributed by atoms with Gasteiger partial charge in [-0.25, -0.2) is 5.43 Å². The van der Waals surface area contributed by atoms with Crippen LogP contribution in [0.1, 0.15) is 30.9 Å². The molecule has 1 aromatic rings. The Morgan fingerprint density at radius 2 is 2.00 bits per heavy atom. The van der Waals surface area contributed by atoms with Crippen LogP contribution in [0.4, 0.5) is 0 Å². The maximum Gasteiger partial charge on any atom is 0.0533 e. The number of hydrogen-bond acceptors (Lipinski definition) is 6. The Hall–Kier alpha value is -1.05. The molecular formula is C15H24N6. The molecule has 0 spiro atoms. The van der Waals surface area contributed by atoms with Crippen molar-refractivity contribution in [2.24, 2.45) is 17.6 Å². The minimum absolute atomic E-state index is 0.278. The second kappa shape index (κ2) is 5.62. The summed E-state index contributed by atoms with van der Waals surface area (Å²) in [4.78, 5) is 4.26. The highest BCUT2D eigenvalue weighted by molar-refractivity contribution is 5.18. The van der Waals surface area contributed by atoms with E-state index in [4.69, 9.17) is 5.73 Å². The molecule has 0 radical (unpaired) electrons. The predicted molar refractivity (Wildman–Crippen MR) is 80.8 cm³/mol. The number of hydrazine groups is 2. The lowest BCUT2D eigenvalue weighted by Crippen LogP contribution is -2.48. The Balaban J connectivity index is 1.55. The van der Waals surface area contributed by atoms with Gasteiger partial charge in [-0.3, -0.25) is 21.3 Å². The summed E-state index contributed by atoms with van der Waals surface area (Å²) in [5.74, 6) is 1.13. The minimum Gasteiger partial charge on any atom is -0.326 e. The van der Waals surface area contributed by atoms with Crippen molar-refractivity contribution in [3.8, 4) is 0 Å². The van der Waals surface area contributed by atoms with Gasteiger partial charge in [-0.05, 0) is 30.4 Å². The second-order valence-electron chi connectivity index (χ2n) is 6.55. The monoisotopic (exact) mass is 288 g/mol. The Bertz CT molecular complexity index is 480. The molecule has 4 rings (SSSR count). The predicted octanol–water partition coefficient (Wildman–Crippen LogP) is -0.181. The molecule has 1 aliphatic carbocycles. The molecule has 3 fully saturated rings. The van der Waals surface area contributed by atoms with Crippen LogP contribution in [0, 0.1) is 11.8 Å². The first-order valence-electron chi connectivity index (χ1n) is 7.99. The van der Waals surface area contributed by atoms with E-state index in [0.29, 0.717) is 30.0 Å². The molecule has 0 bridgehead atoms. The second-order valence-corrected chi connectivity index (χ2v) is 6.55. The summed E-state index contributed by atoms with van der Waals surface area (Å²) in [5.41, 5.74) is 21.3. The number of nitrogens with zero attached hydrogens (tertiary/aromatic N) is 1. The van der Waals surface area contributed by atoms with Gasteiger partial charge >= 0.3 is 0 Å². The summed E-state index contributed by atoms with van der Waals surface area (Å²) in [6.45, 7) is 0.970. The number of fused-ring (bicyclic) bond motifs is 1. The molecule has 6 unspecified atom stereocenters. The van der Waals surface area contributed by atoms with Gasteiger partial charge in [0, 0.05) is 43.0 Å². The number of pyridine rings is 1. The first kappa shape index (κ1) is 13.6. The van der Waals surface area contributed by atoms with Gasteiger partial charge < -0.3 is 5.73 Å². The Kier molecular flexibility index (Phi) is 3.64. The molecule has 0 aromatic carbocycles. The maximum atomic E-state index is 6.28. The minimum atomic E-state index is 0.278. The van der Waals surface area contributed by atoms with E-state index in [9.17, 15) is 0 Å². The lowest BCUT2D eigenvalue weighted by Gasteiger charge is -2.35. The zero-order valence-corrected chi connectivity index (χ0v) is 12.1. The highest BCUT2D eigenvalue weighted by Gasteiger charge is 2.47. The van der Waals surface area contributed by atoms with Crippen LogP contribution in [0.2, 0.25) is 0 Å². The van der Waals surface area contributed by atoms with E-state index in [1.165, 1.54) is 18.4 Å². The molecule has 6 heteroatoms. The van der Waals surface area contributed by atoms with Gasteiger partial charge in [0.15, 0.2) is 0 Å². The summed E-state index contributed by atoms with van der Waals surface area (Å²) in [6.07, 6.45) is 7.43. The normalized spacial score (nSPS) is 42.9. The van der Waals surface area contributed by atoms with Crippen LogP contribution in [-0.4, -0.2) is 29.7 Å². The number of nitrogens with two attached hydrogens (primary N) is 1. The fourth-order valence-electron chi connectivity index (χ4n) is 4.34. The van der Waals surface area contributed by atoms with Gasteiger partial charge in [-0.1, -0.05) is 12.5 Å². The molecular weight excluding hydrogens is 264 g/mol. The summed E-state index contributed by atoms with van der Waals surface area (Å²) in [5, 5.41) is 0. The average molecular weight is 288 g/mol. The molecule has 21 heavy (non-hydrogen) atoms. The van der Waals surface area contributed by atoms with Crippen LogP contribution < -0.4 is 27.4 Å². The van der Waals surface area contributed by atoms with Crippen LogP contribution in [0.25, 0.3) is 0 Å². The van der Waals surface area contributed by atoms with Crippen LogP contribution in [0.3, 0.4) is 0 Å². The molecule has 6 N–H and O–H groups in total. The van der Waals surface area contributed by atoms with Crippen molar-refractivity contribution < 1.29 is 0 Å². The van der Waals surface area contributed by atoms with Crippen molar-refractivity contribution >= 4 is 0 Å². The molecule has 1 saturated carbocycles. The molecule has 6 nitrogen and oxygen atoms in total. The third-order valence-electron chi connectivity index (χ3n) is 5.40. The van der Waals surface area contributed by atoms with E-state index < -0.39 is 0 Å². The van der Waals surface area contributed by atoms with Gasteiger partial charge in [0.1, 0.15) is 0 Å². The zero-order valence-electron chi connectivity index (χ0n) is 12.1.